The van der Waals surface area contributed by atoms with Gasteiger partial charge in [0, 0.05) is 38.0 Å². The van der Waals surface area contributed by atoms with Crippen LogP contribution in [0, 0.1) is 18.3 Å². The van der Waals surface area contributed by atoms with Gasteiger partial charge in [-0.2, -0.15) is 0 Å². The number of hydrogen-bond acceptors (Lipinski definition) is 3. The van der Waals surface area contributed by atoms with Crippen molar-refractivity contribution in [1.82, 2.24) is 9.80 Å². The zero-order valence-corrected chi connectivity index (χ0v) is 13.8. The second-order valence-corrected chi connectivity index (χ2v) is 7.19. The number of carbonyl (C=O) groups excluding carboxylic acids is 2. The first kappa shape index (κ1) is 16.7. The smallest absolute Gasteiger partial charge is 0.410 e. The maximum Gasteiger partial charge on any atom is 0.410 e. The molecule has 2 aliphatic heterocycles. The average Bonchev–Trinajstić information content (AvgIpc) is 2.64. The third-order valence-electron chi connectivity index (χ3n) is 4.13. The topological polar surface area (TPSA) is 49.9 Å². The summed E-state index contributed by atoms with van der Waals surface area (Å²) < 4.78 is 5.46. The summed E-state index contributed by atoms with van der Waals surface area (Å²) in [5.41, 5.74) is -0.503. The molecular formula is C17H26N2O3. The van der Waals surface area contributed by atoms with E-state index in [2.05, 4.69) is 5.92 Å². The monoisotopic (exact) mass is 306 g/mol. The van der Waals surface area contributed by atoms with E-state index < -0.39 is 5.60 Å². The molecule has 2 aliphatic rings. The van der Waals surface area contributed by atoms with Gasteiger partial charge in [0.05, 0.1) is 0 Å². The molecular weight excluding hydrogens is 280 g/mol. The lowest BCUT2D eigenvalue weighted by molar-refractivity contribution is -0.130. The van der Waals surface area contributed by atoms with Gasteiger partial charge in [0.15, 0.2) is 0 Å². The van der Waals surface area contributed by atoms with Crippen LogP contribution < -0.4 is 0 Å². The highest BCUT2D eigenvalue weighted by molar-refractivity contribution is 5.79. The minimum absolute atomic E-state index is 0.00531. The molecule has 2 heterocycles. The molecule has 22 heavy (non-hydrogen) atoms. The molecule has 2 atom stereocenters. The Morgan fingerprint density at radius 3 is 2.64 bits per heavy atom. The van der Waals surface area contributed by atoms with E-state index in [9.17, 15) is 9.59 Å². The second kappa shape index (κ2) is 6.60. The molecule has 122 valence electrons. The fourth-order valence-electron chi connectivity index (χ4n) is 3.06. The van der Waals surface area contributed by atoms with E-state index in [1.54, 1.807) is 4.90 Å². The van der Waals surface area contributed by atoms with Crippen LogP contribution in [-0.2, 0) is 9.53 Å². The molecule has 5 heteroatoms. The Bertz CT molecular complexity index is 475. The van der Waals surface area contributed by atoms with Crippen LogP contribution in [0.3, 0.4) is 0 Å². The summed E-state index contributed by atoms with van der Waals surface area (Å²) in [6, 6.07) is 0.0564. The number of terminal acetylenes is 1. The van der Waals surface area contributed by atoms with Crippen LogP contribution >= 0.6 is 0 Å². The quantitative estimate of drug-likeness (QED) is 0.698. The molecule has 0 aliphatic carbocycles. The zero-order valence-electron chi connectivity index (χ0n) is 13.8. The van der Waals surface area contributed by atoms with Gasteiger partial charge >= 0.3 is 6.09 Å². The van der Waals surface area contributed by atoms with E-state index in [4.69, 9.17) is 11.2 Å². The predicted octanol–water partition coefficient (Wildman–Crippen LogP) is 2.26. The number of carbonyl (C=O) groups is 2. The molecule has 0 spiro atoms. The van der Waals surface area contributed by atoms with Crippen molar-refractivity contribution in [2.45, 2.75) is 58.1 Å². The van der Waals surface area contributed by atoms with Gasteiger partial charge in [-0.15, -0.1) is 12.3 Å². The number of ether oxygens (including phenoxy) is 1. The summed E-state index contributed by atoms with van der Waals surface area (Å²) in [6.45, 7) is 7.43. The lowest BCUT2D eigenvalue weighted by Gasteiger charge is -2.32. The highest BCUT2D eigenvalue weighted by Gasteiger charge is 2.36. The molecule has 2 saturated heterocycles. The third-order valence-corrected chi connectivity index (χ3v) is 4.13. The van der Waals surface area contributed by atoms with Crippen molar-refractivity contribution >= 4 is 12.0 Å². The van der Waals surface area contributed by atoms with Crippen molar-refractivity contribution in [2.24, 2.45) is 5.92 Å². The lowest BCUT2D eigenvalue weighted by Crippen LogP contribution is -2.46. The molecule has 2 amide bonds. The van der Waals surface area contributed by atoms with Crippen LogP contribution in [0.15, 0.2) is 0 Å². The minimum atomic E-state index is -0.503. The summed E-state index contributed by atoms with van der Waals surface area (Å²) in [6.07, 6.45) is 8.46. The van der Waals surface area contributed by atoms with Gasteiger partial charge in [-0.1, -0.05) is 0 Å². The Balaban J connectivity index is 2.03. The molecule has 0 N–H and O–H groups in total. The maximum atomic E-state index is 12.3. The van der Waals surface area contributed by atoms with Crippen LogP contribution in [-0.4, -0.2) is 53.1 Å². The molecule has 5 nitrogen and oxygen atoms in total. The normalized spacial score (nSPS) is 26.5. The maximum absolute atomic E-state index is 12.3. The van der Waals surface area contributed by atoms with Crippen molar-refractivity contribution in [3.8, 4) is 12.3 Å². The molecule has 0 aromatic carbocycles. The highest BCUT2D eigenvalue weighted by atomic mass is 16.6. The fourth-order valence-corrected chi connectivity index (χ4v) is 3.06. The average molecular weight is 306 g/mol. The summed E-state index contributed by atoms with van der Waals surface area (Å²) >= 11 is 0. The molecule has 0 aromatic heterocycles. The van der Waals surface area contributed by atoms with Crippen LogP contribution in [0.5, 0.6) is 0 Å². The summed E-state index contributed by atoms with van der Waals surface area (Å²) in [5.74, 6) is 2.79. The number of likely N-dealkylation sites (tertiary alicyclic amines) is 2. The van der Waals surface area contributed by atoms with E-state index in [1.165, 1.54) is 0 Å². The molecule has 0 aromatic rings. The van der Waals surface area contributed by atoms with Gasteiger partial charge in [0.25, 0.3) is 0 Å². The lowest BCUT2D eigenvalue weighted by atomic mass is 10.1. The Hall–Kier alpha value is -1.70. The van der Waals surface area contributed by atoms with Crippen molar-refractivity contribution in [2.75, 3.05) is 19.6 Å². The van der Waals surface area contributed by atoms with Gasteiger partial charge < -0.3 is 14.5 Å². The Labute approximate surface area is 133 Å². The highest BCUT2D eigenvalue weighted by Crippen LogP contribution is 2.25. The Morgan fingerprint density at radius 2 is 2.05 bits per heavy atom. The number of rotatable bonds is 1. The molecule has 2 unspecified atom stereocenters. The van der Waals surface area contributed by atoms with Gasteiger partial charge in [-0.05, 0) is 40.0 Å². The van der Waals surface area contributed by atoms with E-state index in [0.717, 1.165) is 19.3 Å². The van der Waals surface area contributed by atoms with Crippen LogP contribution in [0.2, 0.25) is 0 Å². The van der Waals surface area contributed by atoms with Crippen LogP contribution in [0.25, 0.3) is 0 Å². The number of nitrogens with zero attached hydrogens (tertiary/aromatic N) is 2. The molecule has 0 bridgehead atoms. The Morgan fingerprint density at radius 1 is 1.32 bits per heavy atom. The minimum Gasteiger partial charge on any atom is -0.444 e. The second-order valence-electron chi connectivity index (χ2n) is 7.19. The number of amides is 2. The molecule has 0 radical (unpaired) electrons. The third kappa shape index (κ3) is 4.16. The number of hydrogen-bond donors (Lipinski definition) is 0. The standard InChI is InChI=1S/C17H26N2O3/c1-5-13-10-15(20)19(11-13)14-8-6-7-9-18(12-14)16(21)22-17(2,3)4/h1,13-14H,6-12H2,2-4H3. The molecule has 2 rings (SSSR count). The van der Waals surface area contributed by atoms with E-state index in [-0.39, 0.29) is 24.0 Å². The van der Waals surface area contributed by atoms with Crippen molar-refractivity contribution in [3.63, 3.8) is 0 Å². The van der Waals surface area contributed by atoms with Gasteiger partial charge in [-0.3, -0.25) is 4.79 Å². The first-order valence-corrected chi connectivity index (χ1v) is 8.03. The zero-order chi connectivity index (χ0) is 16.3. The fraction of sp³-hybridized carbons (Fsp3) is 0.765. The summed E-state index contributed by atoms with van der Waals surface area (Å²) in [7, 11) is 0. The van der Waals surface area contributed by atoms with Crippen molar-refractivity contribution < 1.29 is 14.3 Å². The van der Waals surface area contributed by atoms with E-state index in [0.29, 0.717) is 26.1 Å². The predicted molar refractivity (Wildman–Crippen MR) is 84.1 cm³/mol. The Kier molecular flexibility index (Phi) is 5.00. The summed E-state index contributed by atoms with van der Waals surface area (Å²) in [5, 5.41) is 0. The largest absolute Gasteiger partial charge is 0.444 e. The molecule has 0 saturated carbocycles. The van der Waals surface area contributed by atoms with Crippen LogP contribution in [0.1, 0.15) is 46.5 Å². The van der Waals surface area contributed by atoms with Crippen molar-refractivity contribution in [3.05, 3.63) is 0 Å². The van der Waals surface area contributed by atoms with Gasteiger partial charge in [0.2, 0.25) is 5.91 Å². The van der Waals surface area contributed by atoms with Crippen molar-refractivity contribution in [1.29, 1.82) is 0 Å². The van der Waals surface area contributed by atoms with Crippen LogP contribution in [0.4, 0.5) is 4.79 Å². The first-order valence-electron chi connectivity index (χ1n) is 8.03. The van der Waals surface area contributed by atoms with E-state index in [1.807, 2.05) is 25.7 Å². The van der Waals surface area contributed by atoms with Gasteiger partial charge in [-0.25, -0.2) is 4.79 Å². The van der Waals surface area contributed by atoms with Gasteiger partial charge in [0.1, 0.15) is 5.60 Å². The molecule has 2 fully saturated rings. The first-order chi connectivity index (χ1) is 10.3. The van der Waals surface area contributed by atoms with E-state index >= 15 is 0 Å². The summed E-state index contributed by atoms with van der Waals surface area (Å²) in [4.78, 5) is 28.1. The SMILES string of the molecule is C#CC1CC(=O)N(C2CCCCN(C(=O)OC(C)(C)C)C2)C1.